The van der Waals surface area contributed by atoms with Crippen LogP contribution in [0.3, 0.4) is 0 Å². The second-order valence-corrected chi connectivity index (χ2v) is 5.38. The van der Waals surface area contributed by atoms with Gasteiger partial charge in [0, 0.05) is 17.8 Å². The van der Waals surface area contributed by atoms with E-state index >= 15 is 0 Å². The SMILES string of the molecule is COc1cc(NC2CC3CCC2C3)ccc1N. The molecule has 3 N–H and O–H groups in total. The summed E-state index contributed by atoms with van der Waals surface area (Å²) >= 11 is 0. The third-order valence-electron chi connectivity index (χ3n) is 4.32. The number of benzene rings is 1. The highest BCUT2D eigenvalue weighted by Gasteiger charge is 2.39. The van der Waals surface area contributed by atoms with E-state index in [-0.39, 0.29) is 0 Å². The summed E-state index contributed by atoms with van der Waals surface area (Å²) in [6.07, 6.45) is 5.59. The predicted molar refractivity (Wildman–Crippen MR) is 70.3 cm³/mol. The van der Waals surface area contributed by atoms with Gasteiger partial charge < -0.3 is 15.8 Å². The van der Waals surface area contributed by atoms with Gasteiger partial charge in [0.15, 0.2) is 0 Å². The summed E-state index contributed by atoms with van der Waals surface area (Å²) in [5.74, 6) is 2.61. The van der Waals surface area contributed by atoms with Crippen LogP contribution in [0.15, 0.2) is 18.2 Å². The molecule has 0 heterocycles. The predicted octanol–water partition coefficient (Wildman–Crippen LogP) is 2.88. The molecule has 0 aromatic heterocycles. The molecule has 3 nitrogen and oxygen atoms in total. The number of hydrogen-bond donors (Lipinski definition) is 2. The average molecular weight is 232 g/mol. The first kappa shape index (κ1) is 10.8. The summed E-state index contributed by atoms with van der Waals surface area (Å²) in [4.78, 5) is 0. The van der Waals surface area contributed by atoms with E-state index in [1.807, 2.05) is 18.2 Å². The van der Waals surface area contributed by atoms with Crippen LogP contribution in [0.5, 0.6) is 5.75 Å². The quantitative estimate of drug-likeness (QED) is 0.788. The summed E-state index contributed by atoms with van der Waals surface area (Å²) in [6, 6.07) is 6.61. The lowest BCUT2D eigenvalue weighted by molar-refractivity contribution is 0.416. The van der Waals surface area contributed by atoms with E-state index in [9.17, 15) is 0 Å². The summed E-state index contributed by atoms with van der Waals surface area (Å²) in [6.45, 7) is 0. The van der Waals surface area contributed by atoms with Gasteiger partial charge in [-0.1, -0.05) is 6.42 Å². The third-order valence-corrected chi connectivity index (χ3v) is 4.32. The minimum Gasteiger partial charge on any atom is -0.495 e. The number of methoxy groups -OCH3 is 1. The summed E-state index contributed by atoms with van der Waals surface area (Å²) in [7, 11) is 1.66. The molecule has 0 saturated heterocycles. The van der Waals surface area contributed by atoms with Gasteiger partial charge in [0.2, 0.25) is 0 Å². The van der Waals surface area contributed by atoms with Crippen molar-refractivity contribution in [2.45, 2.75) is 31.7 Å². The Morgan fingerprint density at radius 2 is 2.18 bits per heavy atom. The first-order valence-corrected chi connectivity index (χ1v) is 6.46. The molecule has 2 aliphatic carbocycles. The fourth-order valence-electron chi connectivity index (χ4n) is 3.44. The minimum atomic E-state index is 0.655. The zero-order valence-corrected chi connectivity index (χ0v) is 10.3. The molecule has 3 unspecified atom stereocenters. The van der Waals surface area contributed by atoms with Crippen molar-refractivity contribution in [3.05, 3.63) is 18.2 Å². The van der Waals surface area contributed by atoms with Crippen LogP contribution in [0.2, 0.25) is 0 Å². The molecule has 3 rings (SSSR count). The zero-order valence-electron chi connectivity index (χ0n) is 10.3. The zero-order chi connectivity index (χ0) is 11.8. The first-order valence-electron chi connectivity index (χ1n) is 6.46. The van der Waals surface area contributed by atoms with Crippen molar-refractivity contribution in [1.29, 1.82) is 0 Å². The van der Waals surface area contributed by atoms with Gasteiger partial charge in [0.1, 0.15) is 5.75 Å². The van der Waals surface area contributed by atoms with Gasteiger partial charge in [0.05, 0.1) is 12.8 Å². The Bertz CT molecular complexity index is 419. The second-order valence-electron chi connectivity index (χ2n) is 5.38. The van der Waals surface area contributed by atoms with Crippen molar-refractivity contribution < 1.29 is 4.74 Å². The van der Waals surface area contributed by atoms with Crippen LogP contribution < -0.4 is 15.8 Å². The monoisotopic (exact) mass is 232 g/mol. The van der Waals surface area contributed by atoms with Crippen LogP contribution >= 0.6 is 0 Å². The van der Waals surface area contributed by atoms with Crippen LogP contribution in [0.25, 0.3) is 0 Å². The Kier molecular flexibility index (Phi) is 2.61. The first-order chi connectivity index (χ1) is 8.26. The van der Waals surface area contributed by atoms with Gasteiger partial charge in [-0.3, -0.25) is 0 Å². The fourth-order valence-corrected chi connectivity index (χ4v) is 3.44. The van der Waals surface area contributed by atoms with E-state index in [1.54, 1.807) is 7.11 Å². The molecule has 2 saturated carbocycles. The van der Waals surface area contributed by atoms with Gasteiger partial charge in [-0.15, -0.1) is 0 Å². The number of rotatable bonds is 3. The van der Waals surface area contributed by atoms with E-state index in [2.05, 4.69) is 5.32 Å². The molecular formula is C14H20N2O. The molecule has 1 aromatic rings. The highest BCUT2D eigenvalue weighted by Crippen LogP contribution is 2.45. The summed E-state index contributed by atoms with van der Waals surface area (Å²) < 4.78 is 5.25. The molecule has 17 heavy (non-hydrogen) atoms. The van der Waals surface area contributed by atoms with Gasteiger partial charge in [-0.05, 0) is 43.2 Å². The Hall–Kier alpha value is -1.38. The molecule has 0 amide bonds. The normalized spacial score (nSPS) is 30.5. The topological polar surface area (TPSA) is 47.3 Å². The highest BCUT2D eigenvalue weighted by molar-refractivity contribution is 5.61. The van der Waals surface area contributed by atoms with Gasteiger partial charge >= 0.3 is 0 Å². The van der Waals surface area contributed by atoms with E-state index in [0.717, 1.165) is 23.3 Å². The van der Waals surface area contributed by atoms with Crippen molar-refractivity contribution in [1.82, 2.24) is 0 Å². The fraction of sp³-hybridized carbons (Fsp3) is 0.571. The highest BCUT2D eigenvalue weighted by atomic mass is 16.5. The maximum absolute atomic E-state index is 5.82. The number of anilines is 2. The average Bonchev–Trinajstić information content (AvgIpc) is 2.93. The molecule has 0 radical (unpaired) electrons. The number of nitrogen functional groups attached to an aromatic ring is 1. The standard InChI is InChI=1S/C14H20N2O/c1-17-14-8-11(4-5-12(14)15)16-13-7-9-2-3-10(13)6-9/h4-5,8-10,13,16H,2-3,6-7,15H2,1H3. The number of fused-ring (bicyclic) bond motifs is 2. The van der Waals surface area contributed by atoms with Crippen molar-refractivity contribution >= 4 is 11.4 Å². The number of nitrogens with one attached hydrogen (secondary N) is 1. The van der Waals surface area contributed by atoms with E-state index in [4.69, 9.17) is 10.5 Å². The lowest BCUT2D eigenvalue weighted by atomic mass is 9.95. The number of ether oxygens (including phenoxy) is 1. The Balaban J connectivity index is 1.73. The largest absolute Gasteiger partial charge is 0.495 e. The van der Waals surface area contributed by atoms with Gasteiger partial charge in [0.25, 0.3) is 0 Å². The Labute approximate surface area is 102 Å². The molecule has 2 fully saturated rings. The van der Waals surface area contributed by atoms with Crippen molar-refractivity contribution in [3.8, 4) is 5.75 Å². The smallest absolute Gasteiger partial charge is 0.143 e. The Morgan fingerprint density at radius 1 is 1.29 bits per heavy atom. The van der Waals surface area contributed by atoms with Gasteiger partial charge in [-0.25, -0.2) is 0 Å². The molecule has 3 atom stereocenters. The van der Waals surface area contributed by atoms with Crippen molar-refractivity contribution in [3.63, 3.8) is 0 Å². The molecule has 2 aliphatic rings. The van der Waals surface area contributed by atoms with E-state index in [1.165, 1.54) is 25.7 Å². The molecule has 2 bridgehead atoms. The second kappa shape index (κ2) is 4.13. The lowest BCUT2D eigenvalue weighted by Gasteiger charge is -2.24. The Morgan fingerprint density at radius 3 is 2.82 bits per heavy atom. The molecular weight excluding hydrogens is 212 g/mol. The molecule has 1 aromatic carbocycles. The van der Waals surface area contributed by atoms with Crippen LogP contribution in [0.1, 0.15) is 25.7 Å². The molecule has 0 aliphatic heterocycles. The van der Waals surface area contributed by atoms with Crippen LogP contribution in [0, 0.1) is 11.8 Å². The third kappa shape index (κ3) is 1.94. The lowest BCUT2D eigenvalue weighted by Crippen LogP contribution is -2.25. The van der Waals surface area contributed by atoms with Crippen LogP contribution in [0.4, 0.5) is 11.4 Å². The number of nitrogens with two attached hydrogens (primary N) is 1. The maximum Gasteiger partial charge on any atom is 0.143 e. The number of hydrogen-bond acceptors (Lipinski definition) is 3. The van der Waals surface area contributed by atoms with Crippen LogP contribution in [-0.2, 0) is 0 Å². The summed E-state index contributed by atoms with van der Waals surface area (Å²) in [5.41, 5.74) is 7.65. The minimum absolute atomic E-state index is 0.655. The van der Waals surface area contributed by atoms with Crippen LogP contribution in [-0.4, -0.2) is 13.2 Å². The molecule has 92 valence electrons. The molecule has 3 heteroatoms. The van der Waals surface area contributed by atoms with Gasteiger partial charge in [-0.2, -0.15) is 0 Å². The van der Waals surface area contributed by atoms with Crippen molar-refractivity contribution in [2.75, 3.05) is 18.2 Å². The molecule has 0 spiro atoms. The van der Waals surface area contributed by atoms with E-state index in [0.29, 0.717) is 11.7 Å². The van der Waals surface area contributed by atoms with Crippen molar-refractivity contribution in [2.24, 2.45) is 11.8 Å². The van der Waals surface area contributed by atoms with E-state index < -0.39 is 0 Å². The maximum atomic E-state index is 5.82. The summed E-state index contributed by atoms with van der Waals surface area (Å²) in [5, 5.41) is 3.64.